The number of hydrogen-bond donors (Lipinski definition) is 4. The lowest BCUT2D eigenvalue weighted by atomic mass is 10.3. The van der Waals surface area contributed by atoms with E-state index in [1.54, 1.807) is 12.1 Å². The molecular formula is C11H13ClN4S2. The van der Waals surface area contributed by atoms with Crippen LogP contribution in [0.3, 0.4) is 0 Å². The van der Waals surface area contributed by atoms with E-state index >= 15 is 0 Å². The van der Waals surface area contributed by atoms with Crippen LogP contribution >= 0.6 is 36.0 Å². The summed E-state index contributed by atoms with van der Waals surface area (Å²) in [6, 6.07) is 7.83. The Labute approximate surface area is 121 Å². The molecule has 2 rings (SSSR count). The zero-order valence-corrected chi connectivity index (χ0v) is 11.9. The smallest absolute Gasteiger partial charge is 0.189 e. The first-order valence-electron chi connectivity index (χ1n) is 5.52. The van der Waals surface area contributed by atoms with Crippen LogP contribution in [-0.2, 0) is 0 Å². The number of halogens is 1. The molecular weight excluding hydrogens is 288 g/mol. The zero-order chi connectivity index (χ0) is 13.0. The van der Waals surface area contributed by atoms with Gasteiger partial charge in [-0.1, -0.05) is 17.7 Å². The Morgan fingerprint density at radius 3 is 2.56 bits per heavy atom. The average molecular weight is 301 g/mol. The molecule has 1 aromatic rings. The number of thiocarbonyl (C=S) groups is 2. The second-order valence-electron chi connectivity index (χ2n) is 3.96. The molecule has 4 N–H and O–H groups in total. The summed E-state index contributed by atoms with van der Waals surface area (Å²) in [6.45, 7) is 0. The molecule has 0 amide bonds. The number of nitrogens with one attached hydrogen (secondary N) is 4. The van der Waals surface area contributed by atoms with Crippen LogP contribution in [0, 0.1) is 0 Å². The number of rotatable bonds is 2. The molecule has 1 fully saturated rings. The minimum Gasteiger partial charge on any atom is -0.359 e. The number of anilines is 1. The Morgan fingerprint density at radius 2 is 1.89 bits per heavy atom. The number of benzene rings is 1. The largest absolute Gasteiger partial charge is 0.359 e. The third-order valence-corrected chi connectivity index (χ3v) is 2.94. The van der Waals surface area contributed by atoms with E-state index in [-0.39, 0.29) is 0 Å². The summed E-state index contributed by atoms with van der Waals surface area (Å²) in [7, 11) is 0. The van der Waals surface area contributed by atoms with E-state index in [4.69, 9.17) is 36.0 Å². The van der Waals surface area contributed by atoms with Gasteiger partial charge in [-0.05, 0) is 55.5 Å². The Bertz CT molecular complexity index is 462. The van der Waals surface area contributed by atoms with Crippen LogP contribution in [0.4, 0.5) is 5.69 Å². The molecule has 1 aromatic carbocycles. The fraction of sp³-hybridized carbons (Fsp3) is 0.273. The zero-order valence-electron chi connectivity index (χ0n) is 9.50. The molecule has 0 aromatic heterocycles. The predicted octanol–water partition coefficient (Wildman–Crippen LogP) is 2.17. The highest BCUT2D eigenvalue weighted by molar-refractivity contribution is 7.80. The predicted molar refractivity (Wildman–Crippen MR) is 82.7 cm³/mol. The standard InChI is InChI=1S/C11H13ClN4S2/c12-7-2-1-3-9(6-7)14-11(18)16-15-10(17)13-8-4-5-8/h1-3,6,8H,4-5H2,(H2,13,15,17)(H2,14,16,18). The molecule has 0 unspecified atom stereocenters. The maximum absolute atomic E-state index is 5.87. The van der Waals surface area contributed by atoms with E-state index in [1.807, 2.05) is 12.1 Å². The Balaban J connectivity index is 1.72. The molecule has 1 aliphatic carbocycles. The third-order valence-electron chi connectivity index (χ3n) is 2.28. The molecule has 0 aliphatic heterocycles. The van der Waals surface area contributed by atoms with Crippen LogP contribution in [0.2, 0.25) is 5.02 Å². The topological polar surface area (TPSA) is 48.1 Å². The molecule has 0 radical (unpaired) electrons. The molecule has 18 heavy (non-hydrogen) atoms. The van der Waals surface area contributed by atoms with Gasteiger partial charge in [0.2, 0.25) is 0 Å². The summed E-state index contributed by atoms with van der Waals surface area (Å²) < 4.78 is 0. The average Bonchev–Trinajstić information content (AvgIpc) is 3.10. The van der Waals surface area contributed by atoms with Crippen molar-refractivity contribution in [2.75, 3.05) is 5.32 Å². The third kappa shape index (κ3) is 4.64. The fourth-order valence-electron chi connectivity index (χ4n) is 1.29. The van der Waals surface area contributed by atoms with Crippen molar-refractivity contribution >= 4 is 51.9 Å². The van der Waals surface area contributed by atoms with E-state index in [0.29, 0.717) is 21.3 Å². The van der Waals surface area contributed by atoms with Gasteiger partial charge in [0.05, 0.1) is 0 Å². The summed E-state index contributed by atoms with van der Waals surface area (Å²) in [6.07, 6.45) is 2.35. The van der Waals surface area contributed by atoms with Crippen LogP contribution < -0.4 is 21.5 Å². The van der Waals surface area contributed by atoms with Gasteiger partial charge in [0, 0.05) is 16.8 Å². The summed E-state index contributed by atoms with van der Waals surface area (Å²) in [5, 5.41) is 7.76. The highest BCUT2D eigenvalue weighted by Gasteiger charge is 2.21. The van der Waals surface area contributed by atoms with Gasteiger partial charge in [-0.15, -0.1) is 0 Å². The second kappa shape index (κ2) is 6.17. The van der Waals surface area contributed by atoms with Gasteiger partial charge >= 0.3 is 0 Å². The molecule has 4 nitrogen and oxygen atoms in total. The summed E-state index contributed by atoms with van der Waals surface area (Å²) >= 11 is 16.1. The van der Waals surface area contributed by atoms with Crippen molar-refractivity contribution in [3.05, 3.63) is 29.3 Å². The first kappa shape index (κ1) is 13.3. The lowest BCUT2D eigenvalue weighted by Gasteiger charge is -2.13. The monoisotopic (exact) mass is 300 g/mol. The molecule has 1 saturated carbocycles. The Kier molecular flexibility index (Phi) is 4.57. The van der Waals surface area contributed by atoms with Gasteiger partial charge in [-0.2, -0.15) is 0 Å². The van der Waals surface area contributed by atoms with Gasteiger partial charge in [0.15, 0.2) is 10.2 Å². The summed E-state index contributed by atoms with van der Waals surface area (Å²) in [4.78, 5) is 0. The van der Waals surface area contributed by atoms with Crippen molar-refractivity contribution < 1.29 is 0 Å². The highest BCUT2D eigenvalue weighted by Crippen LogP contribution is 2.18. The lowest BCUT2D eigenvalue weighted by Crippen LogP contribution is -2.48. The van der Waals surface area contributed by atoms with Crippen LogP contribution in [0.15, 0.2) is 24.3 Å². The number of hydrogen-bond acceptors (Lipinski definition) is 2. The van der Waals surface area contributed by atoms with E-state index in [0.717, 1.165) is 5.69 Å². The molecule has 0 saturated heterocycles. The van der Waals surface area contributed by atoms with Crippen molar-refractivity contribution in [2.45, 2.75) is 18.9 Å². The first-order valence-corrected chi connectivity index (χ1v) is 6.72. The molecule has 1 aliphatic rings. The van der Waals surface area contributed by atoms with Crippen LogP contribution in [-0.4, -0.2) is 16.3 Å². The minimum absolute atomic E-state index is 0.428. The van der Waals surface area contributed by atoms with Gasteiger partial charge in [-0.25, -0.2) is 0 Å². The van der Waals surface area contributed by atoms with Crippen molar-refractivity contribution in [3.63, 3.8) is 0 Å². The Hall–Kier alpha value is -1.11. The van der Waals surface area contributed by atoms with E-state index < -0.39 is 0 Å². The quantitative estimate of drug-likeness (QED) is 0.496. The van der Waals surface area contributed by atoms with Crippen molar-refractivity contribution in [2.24, 2.45) is 0 Å². The van der Waals surface area contributed by atoms with Crippen LogP contribution in [0.25, 0.3) is 0 Å². The van der Waals surface area contributed by atoms with Crippen molar-refractivity contribution in [1.82, 2.24) is 16.2 Å². The molecule has 0 bridgehead atoms. The van der Waals surface area contributed by atoms with E-state index in [1.165, 1.54) is 12.8 Å². The summed E-state index contributed by atoms with van der Waals surface area (Å²) in [5.74, 6) is 0. The first-order chi connectivity index (χ1) is 8.63. The van der Waals surface area contributed by atoms with Gasteiger partial charge < -0.3 is 10.6 Å². The van der Waals surface area contributed by atoms with E-state index in [2.05, 4.69) is 21.5 Å². The fourth-order valence-corrected chi connectivity index (χ4v) is 1.87. The van der Waals surface area contributed by atoms with Crippen LogP contribution in [0.1, 0.15) is 12.8 Å². The molecule has 0 atom stereocenters. The molecule has 7 heteroatoms. The molecule has 0 heterocycles. The normalized spacial score (nSPS) is 13.6. The van der Waals surface area contributed by atoms with Gasteiger partial charge in [0.25, 0.3) is 0 Å². The van der Waals surface area contributed by atoms with Gasteiger partial charge in [0.1, 0.15) is 0 Å². The lowest BCUT2D eigenvalue weighted by molar-refractivity contribution is 0.805. The summed E-state index contributed by atoms with van der Waals surface area (Å²) in [5.41, 5.74) is 6.45. The highest BCUT2D eigenvalue weighted by atomic mass is 35.5. The van der Waals surface area contributed by atoms with Crippen molar-refractivity contribution in [1.29, 1.82) is 0 Å². The number of hydrazine groups is 1. The molecule has 96 valence electrons. The SMILES string of the molecule is S=C(NNC(=S)NC1CC1)Nc1cccc(Cl)c1. The maximum Gasteiger partial charge on any atom is 0.189 e. The van der Waals surface area contributed by atoms with Crippen molar-refractivity contribution in [3.8, 4) is 0 Å². The van der Waals surface area contributed by atoms with Crippen LogP contribution in [0.5, 0.6) is 0 Å². The molecule has 0 spiro atoms. The Morgan fingerprint density at radius 1 is 1.17 bits per heavy atom. The second-order valence-corrected chi connectivity index (χ2v) is 5.22. The van der Waals surface area contributed by atoms with E-state index in [9.17, 15) is 0 Å². The van der Waals surface area contributed by atoms with Gasteiger partial charge in [-0.3, -0.25) is 10.9 Å². The minimum atomic E-state index is 0.428. The maximum atomic E-state index is 5.87.